The second-order valence-electron chi connectivity index (χ2n) is 6.45. The van der Waals surface area contributed by atoms with Crippen molar-refractivity contribution in [3.05, 3.63) is 22.4 Å². The zero-order valence-electron chi connectivity index (χ0n) is 15.7. The lowest BCUT2D eigenvalue weighted by Crippen LogP contribution is -2.55. The summed E-state index contributed by atoms with van der Waals surface area (Å²) in [6, 6.07) is 3.98. The summed E-state index contributed by atoms with van der Waals surface area (Å²) in [5.41, 5.74) is 0. The van der Waals surface area contributed by atoms with Crippen molar-refractivity contribution in [2.45, 2.75) is 19.4 Å². The number of nitrogens with one attached hydrogen (secondary N) is 2. The molecule has 26 heavy (non-hydrogen) atoms. The first-order valence-electron chi connectivity index (χ1n) is 9.12. The van der Waals surface area contributed by atoms with E-state index in [1.807, 2.05) is 13.0 Å². The van der Waals surface area contributed by atoms with E-state index in [1.165, 1.54) is 4.88 Å². The van der Waals surface area contributed by atoms with Gasteiger partial charge in [0.15, 0.2) is 0 Å². The topological polar surface area (TPSA) is 73.9 Å². The van der Waals surface area contributed by atoms with Crippen LogP contribution in [0, 0.1) is 0 Å². The van der Waals surface area contributed by atoms with Crippen LogP contribution in [-0.4, -0.2) is 87.2 Å². The molecule has 1 fully saturated rings. The van der Waals surface area contributed by atoms with Gasteiger partial charge in [-0.3, -0.25) is 19.4 Å². The zero-order chi connectivity index (χ0) is 18.8. The minimum absolute atomic E-state index is 0.0230. The molecule has 0 spiro atoms. The molecule has 1 saturated heterocycles. The molecule has 2 N–H and O–H groups in total. The van der Waals surface area contributed by atoms with E-state index < -0.39 is 0 Å². The first kappa shape index (κ1) is 20.8. The van der Waals surface area contributed by atoms with Crippen molar-refractivity contribution in [1.29, 1.82) is 0 Å². The van der Waals surface area contributed by atoms with Crippen molar-refractivity contribution in [1.82, 2.24) is 20.4 Å². The Bertz CT molecular complexity index is 545. The molecule has 1 unspecified atom stereocenters. The van der Waals surface area contributed by atoms with Gasteiger partial charge in [-0.25, -0.2) is 0 Å². The van der Waals surface area contributed by atoms with Crippen LogP contribution >= 0.6 is 11.3 Å². The highest BCUT2D eigenvalue weighted by molar-refractivity contribution is 7.09. The molecule has 2 heterocycles. The SMILES string of the molecule is COCCNC(=O)CN1CCN(C(C)C(=O)NCCc2cccs2)CC1. The second-order valence-corrected chi connectivity index (χ2v) is 7.48. The van der Waals surface area contributed by atoms with E-state index in [-0.39, 0.29) is 17.9 Å². The first-order chi connectivity index (χ1) is 12.6. The summed E-state index contributed by atoms with van der Waals surface area (Å²) in [5.74, 6) is 0.0992. The van der Waals surface area contributed by atoms with E-state index in [9.17, 15) is 9.59 Å². The number of hydrogen-bond acceptors (Lipinski definition) is 6. The molecule has 1 aromatic heterocycles. The van der Waals surface area contributed by atoms with Gasteiger partial charge in [0.05, 0.1) is 19.2 Å². The van der Waals surface area contributed by atoms with E-state index in [0.29, 0.717) is 26.2 Å². The summed E-state index contributed by atoms with van der Waals surface area (Å²) in [5, 5.41) is 7.91. The Labute approximate surface area is 159 Å². The lowest BCUT2D eigenvalue weighted by Gasteiger charge is -2.37. The number of carbonyl (C=O) groups is 2. The van der Waals surface area contributed by atoms with Gasteiger partial charge in [0.1, 0.15) is 0 Å². The molecule has 2 amide bonds. The normalized spacial score (nSPS) is 17.0. The van der Waals surface area contributed by atoms with Crippen molar-refractivity contribution in [3.63, 3.8) is 0 Å². The highest BCUT2D eigenvalue weighted by Crippen LogP contribution is 2.09. The Morgan fingerprint density at radius 1 is 1.23 bits per heavy atom. The Kier molecular flexibility index (Phi) is 9.04. The number of thiophene rings is 1. The minimum atomic E-state index is -0.143. The molecule has 2 rings (SSSR count). The van der Waals surface area contributed by atoms with Crippen molar-refractivity contribution in [2.24, 2.45) is 0 Å². The Balaban J connectivity index is 1.63. The van der Waals surface area contributed by atoms with Gasteiger partial charge in [-0.1, -0.05) is 6.07 Å². The zero-order valence-corrected chi connectivity index (χ0v) is 16.5. The Morgan fingerprint density at radius 2 is 2.00 bits per heavy atom. The van der Waals surface area contributed by atoms with Crippen LogP contribution in [0.5, 0.6) is 0 Å². The van der Waals surface area contributed by atoms with Crippen LogP contribution < -0.4 is 10.6 Å². The molecule has 1 aliphatic heterocycles. The van der Waals surface area contributed by atoms with Crippen molar-refractivity contribution in [2.75, 3.05) is 59.5 Å². The van der Waals surface area contributed by atoms with E-state index in [1.54, 1.807) is 18.4 Å². The highest BCUT2D eigenvalue weighted by atomic mass is 32.1. The maximum atomic E-state index is 12.3. The number of ether oxygens (including phenoxy) is 1. The smallest absolute Gasteiger partial charge is 0.237 e. The third-order valence-electron chi connectivity index (χ3n) is 4.58. The largest absolute Gasteiger partial charge is 0.383 e. The molecule has 0 saturated carbocycles. The molecule has 1 aromatic rings. The summed E-state index contributed by atoms with van der Waals surface area (Å²) in [6.07, 6.45) is 0.877. The van der Waals surface area contributed by atoms with E-state index >= 15 is 0 Å². The first-order valence-corrected chi connectivity index (χ1v) is 10.00. The van der Waals surface area contributed by atoms with Crippen molar-refractivity contribution in [3.8, 4) is 0 Å². The molecule has 8 heteroatoms. The van der Waals surface area contributed by atoms with Gasteiger partial charge in [-0.15, -0.1) is 11.3 Å². The van der Waals surface area contributed by atoms with Gasteiger partial charge in [0, 0.05) is 51.3 Å². The molecule has 1 atom stereocenters. The van der Waals surface area contributed by atoms with Crippen LogP contribution in [0.4, 0.5) is 0 Å². The molecular formula is C18H30N4O3S. The molecule has 0 aliphatic carbocycles. The van der Waals surface area contributed by atoms with E-state index in [2.05, 4.69) is 31.9 Å². The van der Waals surface area contributed by atoms with Crippen LogP contribution in [0.15, 0.2) is 17.5 Å². The number of hydrogen-bond donors (Lipinski definition) is 2. The van der Waals surface area contributed by atoms with Crippen LogP contribution in [0.1, 0.15) is 11.8 Å². The summed E-state index contributed by atoms with van der Waals surface area (Å²) >= 11 is 1.72. The molecule has 0 radical (unpaired) electrons. The number of piperazine rings is 1. The summed E-state index contributed by atoms with van der Waals surface area (Å²) in [7, 11) is 1.62. The van der Waals surface area contributed by atoms with Crippen LogP contribution in [0.2, 0.25) is 0 Å². The molecule has 0 bridgehead atoms. The van der Waals surface area contributed by atoms with Gasteiger partial charge >= 0.3 is 0 Å². The number of rotatable bonds is 10. The number of methoxy groups -OCH3 is 1. The molecule has 1 aliphatic rings. The Hall–Kier alpha value is -1.48. The number of carbonyl (C=O) groups excluding carboxylic acids is 2. The fraction of sp³-hybridized carbons (Fsp3) is 0.667. The molecule has 0 aromatic carbocycles. The van der Waals surface area contributed by atoms with Gasteiger partial charge in [-0.05, 0) is 24.8 Å². The fourth-order valence-corrected chi connectivity index (χ4v) is 3.65. The third kappa shape index (κ3) is 7.03. The standard InChI is InChI=1S/C18H30N4O3S/c1-15(18(24)20-6-5-16-4-3-13-26-16)22-10-8-21(9-11-22)14-17(23)19-7-12-25-2/h3-4,13,15H,5-12,14H2,1-2H3,(H,19,23)(H,20,24). The number of amides is 2. The van der Waals surface area contributed by atoms with E-state index in [4.69, 9.17) is 4.74 Å². The fourth-order valence-electron chi connectivity index (χ4n) is 2.94. The minimum Gasteiger partial charge on any atom is -0.383 e. The van der Waals surface area contributed by atoms with Gasteiger partial charge < -0.3 is 15.4 Å². The lowest BCUT2D eigenvalue weighted by molar-refractivity contribution is -0.127. The summed E-state index contributed by atoms with van der Waals surface area (Å²) < 4.78 is 4.92. The second kappa shape index (κ2) is 11.3. The monoisotopic (exact) mass is 382 g/mol. The summed E-state index contributed by atoms with van der Waals surface area (Å²) in [4.78, 5) is 29.8. The Morgan fingerprint density at radius 3 is 2.65 bits per heavy atom. The predicted molar refractivity (Wildman–Crippen MR) is 103 cm³/mol. The van der Waals surface area contributed by atoms with Gasteiger partial charge in [0.25, 0.3) is 0 Å². The maximum absolute atomic E-state index is 12.3. The molecule has 7 nitrogen and oxygen atoms in total. The van der Waals surface area contributed by atoms with Gasteiger partial charge in [0.2, 0.25) is 11.8 Å². The van der Waals surface area contributed by atoms with Crippen molar-refractivity contribution < 1.29 is 14.3 Å². The lowest BCUT2D eigenvalue weighted by atomic mass is 10.2. The average Bonchev–Trinajstić information content (AvgIpc) is 3.15. The van der Waals surface area contributed by atoms with Crippen LogP contribution in [0.3, 0.4) is 0 Å². The van der Waals surface area contributed by atoms with Crippen LogP contribution in [-0.2, 0) is 20.7 Å². The summed E-state index contributed by atoms with van der Waals surface area (Å²) in [6.45, 7) is 7.28. The molecular weight excluding hydrogens is 352 g/mol. The van der Waals surface area contributed by atoms with Gasteiger partial charge in [-0.2, -0.15) is 0 Å². The quantitative estimate of drug-likeness (QED) is 0.565. The predicted octanol–water partition coefficient (Wildman–Crippen LogP) is 0.176. The highest BCUT2D eigenvalue weighted by Gasteiger charge is 2.26. The van der Waals surface area contributed by atoms with Crippen LogP contribution in [0.25, 0.3) is 0 Å². The van der Waals surface area contributed by atoms with Crippen molar-refractivity contribution >= 4 is 23.2 Å². The average molecular weight is 383 g/mol. The third-order valence-corrected chi connectivity index (χ3v) is 5.52. The van der Waals surface area contributed by atoms with E-state index in [0.717, 1.165) is 32.6 Å². The number of nitrogens with zero attached hydrogens (tertiary/aromatic N) is 2. The maximum Gasteiger partial charge on any atom is 0.237 e. The molecule has 146 valence electrons.